The standard InChI is InChI=1S/C13H14N2O/c1-10(16)15(2)9-11-5-3-7-13-12(11)6-4-8-14-13/h3-8H,9H2,1-2H3. The van der Waals surface area contributed by atoms with E-state index < -0.39 is 0 Å². The summed E-state index contributed by atoms with van der Waals surface area (Å²) in [6.45, 7) is 2.20. The third kappa shape index (κ3) is 2.03. The SMILES string of the molecule is CC(=O)N(C)Cc1cccc2ncccc12. The smallest absolute Gasteiger partial charge is 0.219 e. The molecule has 2 rings (SSSR count). The predicted octanol–water partition coefficient (Wildman–Crippen LogP) is 2.21. The second-order valence-corrected chi connectivity index (χ2v) is 3.86. The van der Waals surface area contributed by atoms with Gasteiger partial charge in [0.1, 0.15) is 0 Å². The molecule has 1 heterocycles. The topological polar surface area (TPSA) is 33.2 Å². The molecule has 1 amide bonds. The Kier molecular flexibility index (Phi) is 2.86. The molecule has 3 nitrogen and oxygen atoms in total. The van der Waals surface area contributed by atoms with Gasteiger partial charge in [0.2, 0.25) is 5.91 Å². The van der Waals surface area contributed by atoms with E-state index in [1.807, 2.05) is 30.3 Å². The Morgan fingerprint density at radius 1 is 1.31 bits per heavy atom. The van der Waals surface area contributed by atoms with Crippen molar-refractivity contribution in [3.05, 3.63) is 42.1 Å². The van der Waals surface area contributed by atoms with Gasteiger partial charge in [-0.1, -0.05) is 18.2 Å². The molecule has 0 spiro atoms. The first-order valence-corrected chi connectivity index (χ1v) is 5.23. The highest BCUT2D eigenvalue weighted by atomic mass is 16.2. The molecular weight excluding hydrogens is 200 g/mol. The van der Waals surface area contributed by atoms with Gasteiger partial charge in [0.05, 0.1) is 5.52 Å². The fourth-order valence-corrected chi connectivity index (χ4v) is 1.67. The van der Waals surface area contributed by atoms with Gasteiger partial charge in [-0.15, -0.1) is 0 Å². The maximum Gasteiger partial charge on any atom is 0.219 e. The largest absolute Gasteiger partial charge is 0.342 e. The number of rotatable bonds is 2. The molecule has 16 heavy (non-hydrogen) atoms. The fourth-order valence-electron chi connectivity index (χ4n) is 1.67. The minimum Gasteiger partial charge on any atom is -0.342 e. The highest BCUT2D eigenvalue weighted by Crippen LogP contribution is 2.17. The van der Waals surface area contributed by atoms with E-state index in [0.29, 0.717) is 6.54 Å². The number of pyridine rings is 1. The molecule has 0 atom stereocenters. The van der Waals surface area contributed by atoms with Gasteiger partial charge in [-0.3, -0.25) is 9.78 Å². The normalized spacial score (nSPS) is 10.4. The number of carbonyl (C=O) groups excluding carboxylic acids is 1. The molecule has 0 fully saturated rings. The van der Waals surface area contributed by atoms with Crippen LogP contribution >= 0.6 is 0 Å². The third-order valence-corrected chi connectivity index (χ3v) is 2.68. The second-order valence-electron chi connectivity index (χ2n) is 3.86. The third-order valence-electron chi connectivity index (χ3n) is 2.68. The summed E-state index contributed by atoms with van der Waals surface area (Å²) in [5.41, 5.74) is 2.10. The van der Waals surface area contributed by atoms with Crippen LogP contribution in [-0.4, -0.2) is 22.8 Å². The first kappa shape index (κ1) is 10.6. The minimum atomic E-state index is 0.0703. The van der Waals surface area contributed by atoms with E-state index >= 15 is 0 Å². The molecule has 0 N–H and O–H groups in total. The molecule has 0 aliphatic rings. The van der Waals surface area contributed by atoms with Crippen molar-refractivity contribution in [2.24, 2.45) is 0 Å². The van der Waals surface area contributed by atoms with Crippen LogP contribution in [0.2, 0.25) is 0 Å². The summed E-state index contributed by atoms with van der Waals surface area (Å²) in [5, 5.41) is 1.11. The Morgan fingerprint density at radius 3 is 2.88 bits per heavy atom. The monoisotopic (exact) mass is 214 g/mol. The molecule has 0 radical (unpaired) electrons. The lowest BCUT2D eigenvalue weighted by Gasteiger charge is -2.15. The highest BCUT2D eigenvalue weighted by Gasteiger charge is 2.06. The van der Waals surface area contributed by atoms with Crippen LogP contribution in [0.1, 0.15) is 12.5 Å². The molecule has 0 aliphatic carbocycles. The van der Waals surface area contributed by atoms with Crippen molar-refractivity contribution in [2.75, 3.05) is 7.05 Å². The number of carbonyl (C=O) groups is 1. The average molecular weight is 214 g/mol. The van der Waals surface area contributed by atoms with Crippen molar-refractivity contribution in [3.8, 4) is 0 Å². The van der Waals surface area contributed by atoms with E-state index in [0.717, 1.165) is 16.5 Å². The van der Waals surface area contributed by atoms with E-state index in [1.165, 1.54) is 0 Å². The van der Waals surface area contributed by atoms with Crippen LogP contribution in [0.3, 0.4) is 0 Å². The lowest BCUT2D eigenvalue weighted by atomic mass is 10.1. The van der Waals surface area contributed by atoms with E-state index in [1.54, 1.807) is 25.1 Å². The zero-order valence-corrected chi connectivity index (χ0v) is 9.47. The van der Waals surface area contributed by atoms with Crippen LogP contribution in [0.5, 0.6) is 0 Å². The van der Waals surface area contributed by atoms with Crippen molar-refractivity contribution >= 4 is 16.8 Å². The van der Waals surface area contributed by atoms with Crippen LogP contribution in [-0.2, 0) is 11.3 Å². The van der Waals surface area contributed by atoms with Crippen molar-refractivity contribution < 1.29 is 4.79 Å². The van der Waals surface area contributed by atoms with Crippen LogP contribution < -0.4 is 0 Å². The van der Waals surface area contributed by atoms with Crippen LogP contribution in [0.4, 0.5) is 0 Å². The highest BCUT2D eigenvalue weighted by molar-refractivity contribution is 5.82. The Hall–Kier alpha value is -1.90. The summed E-state index contributed by atoms with van der Waals surface area (Å²) < 4.78 is 0. The quantitative estimate of drug-likeness (QED) is 0.768. The van der Waals surface area contributed by atoms with Crippen molar-refractivity contribution in [1.82, 2.24) is 9.88 Å². The van der Waals surface area contributed by atoms with Crippen molar-refractivity contribution in [2.45, 2.75) is 13.5 Å². The molecule has 0 bridgehead atoms. The minimum absolute atomic E-state index is 0.0703. The maximum atomic E-state index is 11.2. The lowest BCUT2D eigenvalue weighted by molar-refractivity contribution is -0.128. The number of hydrogen-bond acceptors (Lipinski definition) is 2. The van der Waals surface area contributed by atoms with E-state index in [2.05, 4.69) is 4.98 Å². The van der Waals surface area contributed by atoms with Crippen molar-refractivity contribution in [1.29, 1.82) is 0 Å². The number of amides is 1. The summed E-state index contributed by atoms with van der Waals surface area (Å²) >= 11 is 0. The molecule has 3 heteroatoms. The van der Waals surface area contributed by atoms with Gasteiger partial charge in [0, 0.05) is 32.1 Å². The van der Waals surface area contributed by atoms with Gasteiger partial charge in [0.25, 0.3) is 0 Å². The zero-order chi connectivity index (χ0) is 11.5. The van der Waals surface area contributed by atoms with Gasteiger partial charge >= 0.3 is 0 Å². The van der Waals surface area contributed by atoms with Crippen LogP contribution in [0.25, 0.3) is 10.9 Å². The van der Waals surface area contributed by atoms with E-state index in [-0.39, 0.29) is 5.91 Å². The number of nitrogens with zero attached hydrogens (tertiary/aromatic N) is 2. The zero-order valence-electron chi connectivity index (χ0n) is 9.47. The molecule has 0 aliphatic heterocycles. The average Bonchev–Trinajstić information content (AvgIpc) is 2.29. The van der Waals surface area contributed by atoms with Gasteiger partial charge in [0.15, 0.2) is 0 Å². The second kappa shape index (κ2) is 4.31. The number of fused-ring (bicyclic) bond motifs is 1. The van der Waals surface area contributed by atoms with Gasteiger partial charge < -0.3 is 4.90 Å². The Balaban J connectivity index is 2.41. The summed E-state index contributed by atoms with van der Waals surface area (Å²) in [6, 6.07) is 9.93. The molecule has 82 valence electrons. The predicted molar refractivity (Wildman–Crippen MR) is 63.9 cm³/mol. The van der Waals surface area contributed by atoms with Gasteiger partial charge in [-0.25, -0.2) is 0 Å². The molecule has 1 aromatic carbocycles. The molecule has 0 unspecified atom stereocenters. The lowest BCUT2D eigenvalue weighted by Crippen LogP contribution is -2.23. The van der Waals surface area contributed by atoms with E-state index in [4.69, 9.17) is 0 Å². The van der Waals surface area contributed by atoms with Gasteiger partial charge in [-0.2, -0.15) is 0 Å². The summed E-state index contributed by atoms with van der Waals surface area (Å²) in [4.78, 5) is 17.2. The van der Waals surface area contributed by atoms with Gasteiger partial charge in [-0.05, 0) is 17.7 Å². The van der Waals surface area contributed by atoms with Crippen molar-refractivity contribution in [3.63, 3.8) is 0 Å². The first-order chi connectivity index (χ1) is 7.68. The first-order valence-electron chi connectivity index (χ1n) is 5.23. The molecular formula is C13H14N2O. The summed E-state index contributed by atoms with van der Waals surface area (Å²) in [5.74, 6) is 0.0703. The molecule has 1 aromatic heterocycles. The Bertz CT molecular complexity index is 517. The molecule has 2 aromatic rings. The fraction of sp³-hybridized carbons (Fsp3) is 0.231. The van der Waals surface area contributed by atoms with E-state index in [9.17, 15) is 4.79 Å². The maximum absolute atomic E-state index is 11.2. The Labute approximate surface area is 94.7 Å². The number of aromatic nitrogens is 1. The summed E-state index contributed by atoms with van der Waals surface area (Å²) in [7, 11) is 1.80. The number of hydrogen-bond donors (Lipinski definition) is 0. The van der Waals surface area contributed by atoms with Crippen LogP contribution in [0, 0.1) is 0 Å². The molecule has 0 saturated heterocycles. The molecule has 0 saturated carbocycles. The Morgan fingerprint density at radius 2 is 2.12 bits per heavy atom. The summed E-state index contributed by atoms with van der Waals surface area (Å²) in [6.07, 6.45) is 1.78. The van der Waals surface area contributed by atoms with Crippen LogP contribution in [0.15, 0.2) is 36.5 Å². The number of benzene rings is 1.